The van der Waals surface area contributed by atoms with Gasteiger partial charge in [0.15, 0.2) is 0 Å². The van der Waals surface area contributed by atoms with Crippen LogP contribution in [0.5, 0.6) is 11.5 Å². The van der Waals surface area contributed by atoms with Crippen LogP contribution in [-0.4, -0.2) is 19.3 Å². The first kappa shape index (κ1) is 15.7. The van der Waals surface area contributed by atoms with E-state index in [1.807, 2.05) is 25.3 Å². The van der Waals surface area contributed by atoms with Gasteiger partial charge in [-0.2, -0.15) is 0 Å². The molecular weight excluding hydrogens is 308 g/mol. The summed E-state index contributed by atoms with van der Waals surface area (Å²) in [7, 11) is 1.52. The highest BCUT2D eigenvalue weighted by atomic mass is 35.5. The first-order valence-electron chi connectivity index (χ1n) is 6.25. The summed E-state index contributed by atoms with van der Waals surface area (Å²) in [6.45, 7) is 1.90. The zero-order valence-corrected chi connectivity index (χ0v) is 13.5. The second-order valence-electron chi connectivity index (χ2n) is 4.39. The summed E-state index contributed by atoms with van der Waals surface area (Å²) in [4.78, 5) is 13.3. The molecule has 0 bridgehead atoms. The van der Waals surface area contributed by atoms with E-state index in [1.54, 1.807) is 36.0 Å². The Hall–Kier alpha value is -1.65. The van der Waals surface area contributed by atoms with Crippen LogP contribution in [-0.2, 0) is 0 Å². The lowest BCUT2D eigenvalue weighted by Gasteiger charge is -2.11. The van der Waals surface area contributed by atoms with Crippen molar-refractivity contribution in [3.8, 4) is 11.5 Å². The number of thioether (sulfide) groups is 1. The van der Waals surface area contributed by atoms with Crippen molar-refractivity contribution >= 4 is 29.3 Å². The average molecular weight is 323 g/mol. The second-order valence-corrected chi connectivity index (χ2v) is 5.68. The molecular formula is C16H15ClO3S. The van der Waals surface area contributed by atoms with Gasteiger partial charge in [0.2, 0.25) is 0 Å². The van der Waals surface area contributed by atoms with Crippen LogP contribution in [0.3, 0.4) is 0 Å². The SMILES string of the molecule is COc1cc(SC)ccc1C(=O)Oc1cc(C)ccc1Cl. The maximum absolute atomic E-state index is 12.3. The molecule has 0 amide bonds. The Bertz CT molecular complexity index is 671. The minimum Gasteiger partial charge on any atom is -0.496 e. The topological polar surface area (TPSA) is 35.5 Å². The third kappa shape index (κ3) is 3.71. The second kappa shape index (κ2) is 6.87. The van der Waals surface area contributed by atoms with E-state index >= 15 is 0 Å². The van der Waals surface area contributed by atoms with Gasteiger partial charge >= 0.3 is 5.97 Å². The Morgan fingerprint density at radius 3 is 2.57 bits per heavy atom. The van der Waals surface area contributed by atoms with E-state index in [-0.39, 0.29) is 0 Å². The maximum Gasteiger partial charge on any atom is 0.347 e. The predicted molar refractivity (Wildman–Crippen MR) is 85.9 cm³/mol. The van der Waals surface area contributed by atoms with Crippen molar-refractivity contribution < 1.29 is 14.3 Å². The molecule has 0 N–H and O–H groups in total. The lowest BCUT2D eigenvalue weighted by Crippen LogP contribution is -2.10. The summed E-state index contributed by atoms with van der Waals surface area (Å²) < 4.78 is 10.6. The number of ether oxygens (including phenoxy) is 2. The van der Waals surface area contributed by atoms with Gasteiger partial charge in [-0.15, -0.1) is 11.8 Å². The van der Waals surface area contributed by atoms with Gasteiger partial charge in [0.1, 0.15) is 17.1 Å². The third-order valence-electron chi connectivity index (χ3n) is 2.92. The Balaban J connectivity index is 2.30. The van der Waals surface area contributed by atoms with Gasteiger partial charge in [-0.05, 0) is 49.1 Å². The van der Waals surface area contributed by atoms with E-state index in [9.17, 15) is 4.79 Å². The fourth-order valence-corrected chi connectivity index (χ4v) is 2.40. The number of methoxy groups -OCH3 is 1. The molecule has 110 valence electrons. The monoisotopic (exact) mass is 322 g/mol. The molecule has 0 aliphatic rings. The number of rotatable bonds is 4. The molecule has 0 aliphatic carbocycles. The predicted octanol–water partition coefficient (Wildman–Crippen LogP) is 4.60. The van der Waals surface area contributed by atoms with Crippen molar-refractivity contribution in [3.63, 3.8) is 0 Å². The molecule has 0 fully saturated rings. The smallest absolute Gasteiger partial charge is 0.347 e. The van der Waals surface area contributed by atoms with E-state index in [1.165, 1.54) is 7.11 Å². The van der Waals surface area contributed by atoms with Gasteiger partial charge in [0.05, 0.1) is 12.1 Å². The van der Waals surface area contributed by atoms with Crippen LogP contribution in [0.4, 0.5) is 0 Å². The molecule has 0 saturated carbocycles. The van der Waals surface area contributed by atoms with E-state index in [2.05, 4.69) is 0 Å². The normalized spacial score (nSPS) is 10.3. The number of benzene rings is 2. The van der Waals surface area contributed by atoms with Gasteiger partial charge in [-0.3, -0.25) is 0 Å². The van der Waals surface area contributed by atoms with Gasteiger partial charge in [-0.1, -0.05) is 17.7 Å². The van der Waals surface area contributed by atoms with Gasteiger partial charge in [0.25, 0.3) is 0 Å². The van der Waals surface area contributed by atoms with Crippen LogP contribution >= 0.6 is 23.4 Å². The molecule has 21 heavy (non-hydrogen) atoms. The quantitative estimate of drug-likeness (QED) is 0.468. The van der Waals surface area contributed by atoms with Crippen molar-refractivity contribution in [2.75, 3.05) is 13.4 Å². The van der Waals surface area contributed by atoms with E-state index in [0.717, 1.165) is 10.5 Å². The van der Waals surface area contributed by atoms with Crippen molar-refractivity contribution in [2.24, 2.45) is 0 Å². The van der Waals surface area contributed by atoms with Crippen LogP contribution in [0.2, 0.25) is 5.02 Å². The molecule has 2 rings (SSSR count). The molecule has 0 saturated heterocycles. The van der Waals surface area contributed by atoms with Gasteiger partial charge in [-0.25, -0.2) is 4.79 Å². The molecule has 0 unspecified atom stereocenters. The summed E-state index contributed by atoms with van der Waals surface area (Å²) >= 11 is 7.61. The fourth-order valence-electron chi connectivity index (χ4n) is 1.81. The summed E-state index contributed by atoms with van der Waals surface area (Å²) in [5.74, 6) is 0.334. The Morgan fingerprint density at radius 2 is 1.90 bits per heavy atom. The molecule has 0 radical (unpaired) electrons. The molecule has 2 aromatic carbocycles. The third-order valence-corrected chi connectivity index (χ3v) is 3.96. The average Bonchev–Trinajstić information content (AvgIpc) is 2.50. The Morgan fingerprint density at radius 1 is 1.14 bits per heavy atom. The highest BCUT2D eigenvalue weighted by Crippen LogP contribution is 2.29. The van der Waals surface area contributed by atoms with Crippen molar-refractivity contribution in [1.29, 1.82) is 0 Å². The van der Waals surface area contributed by atoms with Gasteiger partial charge < -0.3 is 9.47 Å². The minimum absolute atomic E-state index is 0.345. The van der Waals surface area contributed by atoms with E-state index in [0.29, 0.717) is 22.1 Å². The Kier molecular flexibility index (Phi) is 5.15. The van der Waals surface area contributed by atoms with Crippen LogP contribution in [0.1, 0.15) is 15.9 Å². The highest BCUT2D eigenvalue weighted by Gasteiger charge is 2.16. The van der Waals surface area contributed by atoms with E-state index in [4.69, 9.17) is 21.1 Å². The number of aryl methyl sites for hydroxylation is 1. The highest BCUT2D eigenvalue weighted by molar-refractivity contribution is 7.98. The van der Waals surface area contributed by atoms with Crippen LogP contribution < -0.4 is 9.47 Å². The maximum atomic E-state index is 12.3. The molecule has 0 heterocycles. The first-order chi connectivity index (χ1) is 10.0. The van der Waals surface area contributed by atoms with Gasteiger partial charge in [0, 0.05) is 4.90 Å². The van der Waals surface area contributed by atoms with Crippen LogP contribution in [0, 0.1) is 6.92 Å². The zero-order chi connectivity index (χ0) is 15.4. The van der Waals surface area contributed by atoms with Crippen molar-refractivity contribution in [2.45, 2.75) is 11.8 Å². The lowest BCUT2D eigenvalue weighted by atomic mass is 10.2. The van der Waals surface area contributed by atoms with E-state index < -0.39 is 5.97 Å². The number of hydrogen-bond donors (Lipinski definition) is 0. The largest absolute Gasteiger partial charge is 0.496 e. The number of halogens is 1. The number of esters is 1. The zero-order valence-electron chi connectivity index (χ0n) is 12.0. The molecule has 0 spiro atoms. The fraction of sp³-hybridized carbons (Fsp3) is 0.188. The van der Waals surface area contributed by atoms with Crippen LogP contribution in [0.15, 0.2) is 41.3 Å². The lowest BCUT2D eigenvalue weighted by molar-refractivity contribution is 0.0731. The van der Waals surface area contributed by atoms with Crippen molar-refractivity contribution in [1.82, 2.24) is 0 Å². The number of carbonyl (C=O) groups excluding carboxylic acids is 1. The van der Waals surface area contributed by atoms with Crippen LogP contribution in [0.25, 0.3) is 0 Å². The molecule has 0 aliphatic heterocycles. The number of hydrogen-bond acceptors (Lipinski definition) is 4. The summed E-state index contributed by atoms with van der Waals surface area (Å²) in [6.07, 6.45) is 1.96. The summed E-state index contributed by atoms with van der Waals surface area (Å²) in [5, 5.41) is 0.397. The number of carbonyl (C=O) groups is 1. The molecule has 0 atom stereocenters. The minimum atomic E-state index is -0.494. The standard InChI is InChI=1S/C16H15ClO3S/c1-10-4-7-13(17)15(8-10)20-16(18)12-6-5-11(21-3)9-14(12)19-2/h4-9H,1-3H3. The summed E-state index contributed by atoms with van der Waals surface area (Å²) in [6, 6.07) is 10.6. The summed E-state index contributed by atoms with van der Waals surface area (Å²) in [5.41, 5.74) is 1.33. The molecule has 5 heteroatoms. The molecule has 0 aromatic heterocycles. The molecule has 2 aromatic rings. The first-order valence-corrected chi connectivity index (χ1v) is 7.85. The Labute approximate surface area is 133 Å². The molecule has 3 nitrogen and oxygen atoms in total. The van der Waals surface area contributed by atoms with Crippen molar-refractivity contribution in [3.05, 3.63) is 52.5 Å².